The van der Waals surface area contributed by atoms with Gasteiger partial charge < -0.3 is 5.73 Å². The maximum Gasteiger partial charge on any atom is 0.103 e. The number of para-hydroxylation sites is 1. The average Bonchev–Trinajstić information content (AvgIpc) is 2.81. The lowest BCUT2D eigenvalue weighted by Gasteiger charge is -2.10. The summed E-state index contributed by atoms with van der Waals surface area (Å²) in [4.78, 5) is 0. The topological polar surface area (TPSA) is 56.7 Å². The number of benzene rings is 1. The van der Waals surface area contributed by atoms with Crippen LogP contribution in [-0.4, -0.2) is 15.0 Å². The van der Waals surface area contributed by atoms with Gasteiger partial charge in [-0.2, -0.15) is 0 Å². The fourth-order valence-corrected chi connectivity index (χ4v) is 2.40. The van der Waals surface area contributed by atoms with E-state index >= 15 is 0 Å². The summed E-state index contributed by atoms with van der Waals surface area (Å²) in [7, 11) is 0. The van der Waals surface area contributed by atoms with Gasteiger partial charge in [0.25, 0.3) is 0 Å². The van der Waals surface area contributed by atoms with Gasteiger partial charge in [-0.3, -0.25) is 0 Å². The van der Waals surface area contributed by atoms with Crippen molar-refractivity contribution in [3.63, 3.8) is 0 Å². The van der Waals surface area contributed by atoms with E-state index in [1.165, 1.54) is 0 Å². The molecule has 2 rings (SSSR count). The van der Waals surface area contributed by atoms with Gasteiger partial charge in [-0.25, -0.2) is 4.68 Å². The normalized spacial score (nSPS) is 12.7. The van der Waals surface area contributed by atoms with Gasteiger partial charge in [-0.05, 0) is 40.9 Å². The molecule has 4 nitrogen and oxygen atoms in total. The molecule has 0 bridgehead atoms. The van der Waals surface area contributed by atoms with Crippen molar-refractivity contribution in [3.8, 4) is 5.69 Å². The van der Waals surface area contributed by atoms with Crippen LogP contribution in [-0.2, 0) is 6.42 Å². The lowest BCUT2D eigenvalue weighted by molar-refractivity contribution is 0.665. The van der Waals surface area contributed by atoms with E-state index < -0.39 is 0 Å². The zero-order valence-electron chi connectivity index (χ0n) is 10.6. The summed E-state index contributed by atoms with van der Waals surface area (Å²) in [5, 5.41) is 8.49. The van der Waals surface area contributed by atoms with Crippen LogP contribution in [0.4, 0.5) is 0 Å². The zero-order chi connectivity index (χ0) is 13.1. The van der Waals surface area contributed by atoms with Crippen molar-refractivity contribution in [1.29, 1.82) is 0 Å². The smallest absolute Gasteiger partial charge is 0.103 e. The summed E-state index contributed by atoms with van der Waals surface area (Å²) in [6, 6.07) is 7.93. The van der Waals surface area contributed by atoms with Gasteiger partial charge in [0, 0.05) is 4.47 Å². The zero-order valence-corrected chi connectivity index (χ0v) is 12.2. The van der Waals surface area contributed by atoms with Gasteiger partial charge >= 0.3 is 0 Å². The van der Waals surface area contributed by atoms with Crippen LogP contribution < -0.4 is 5.73 Å². The number of nitrogens with zero attached hydrogens (tertiary/aromatic N) is 3. The second-order valence-corrected chi connectivity index (χ2v) is 5.01. The lowest BCUT2D eigenvalue weighted by atomic mass is 10.1. The van der Waals surface area contributed by atoms with Crippen molar-refractivity contribution in [1.82, 2.24) is 15.0 Å². The van der Waals surface area contributed by atoms with Gasteiger partial charge in [0.05, 0.1) is 17.4 Å². The number of rotatable bonds is 4. The van der Waals surface area contributed by atoms with Gasteiger partial charge in [-0.15, -0.1) is 5.10 Å². The van der Waals surface area contributed by atoms with E-state index in [0.717, 1.165) is 34.4 Å². The SMILES string of the molecule is CCc1c(C(N)CC)nnn1-c1ccccc1Br. The molecule has 2 N–H and O–H groups in total. The monoisotopic (exact) mass is 308 g/mol. The summed E-state index contributed by atoms with van der Waals surface area (Å²) in [6.45, 7) is 4.15. The Bertz CT molecular complexity index is 536. The van der Waals surface area contributed by atoms with Gasteiger partial charge in [-0.1, -0.05) is 31.2 Å². The molecule has 1 unspecified atom stereocenters. The molecule has 0 aliphatic heterocycles. The van der Waals surface area contributed by atoms with E-state index in [0.29, 0.717) is 0 Å². The first-order chi connectivity index (χ1) is 8.69. The summed E-state index contributed by atoms with van der Waals surface area (Å²) >= 11 is 3.54. The molecular weight excluding hydrogens is 292 g/mol. The van der Waals surface area contributed by atoms with Crippen molar-refractivity contribution in [2.75, 3.05) is 0 Å². The number of hydrogen-bond acceptors (Lipinski definition) is 3. The Labute approximate surface area is 115 Å². The molecule has 0 saturated carbocycles. The highest BCUT2D eigenvalue weighted by atomic mass is 79.9. The van der Waals surface area contributed by atoms with Crippen LogP contribution in [0.1, 0.15) is 37.7 Å². The fourth-order valence-electron chi connectivity index (χ4n) is 1.94. The van der Waals surface area contributed by atoms with E-state index in [2.05, 4.69) is 40.1 Å². The molecule has 96 valence electrons. The third-order valence-electron chi connectivity index (χ3n) is 3.00. The summed E-state index contributed by atoms with van der Waals surface area (Å²) in [6.07, 6.45) is 1.72. The van der Waals surface area contributed by atoms with E-state index in [4.69, 9.17) is 5.73 Å². The maximum atomic E-state index is 6.07. The van der Waals surface area contributed by atoms with Gasteiger partial charge in [0.1, 0.15) is 5.69 Å². The molecule has 0 aliphatic carbocycles. The van der Waals surface area contributed by atoms with Crippen molar-refractivity contribution in [2.24, 2.45) is 5.73 Å². The number of nitrogens with two attached hydrogens (primary N) is 1. The Hall–Kier alpha value is -1.20. The first-order valence-electron chi connectivity index (χ1n) is 6.14. The largest absolute Gasteiger partial charge is 0.323 e. The Morgan fingerprint density at radius 2 is 2.06 bits per heavy atom. The van der Waals surface area contributed by atoms with Crippen molar-refractivity contribution in [2.45, 2.75) is 32.7 Å². The molecule has 2 aromatic rings. The predicted octanol–water partition coefficient (Wildman–Crippen LogP) is 3.00. The van der Waals surface area contributed by atoms with E-state index in [1.54, 1.807) is 0 Å². The molecule has 1 aromatic heterocycles. The second kappa shape index (κ2) is 5.63. The van der Waals surface area contributed by atoms with E-state index in [9.17, 15) is 0 Å². The van der Waals surface area contributed by atoms with E-state index in [1.807, 2.05) is 28.9 Å². The van der Waals surface area contributed by atoms with Crippen molar-refractivity contribution >= 4 is 15.9 Å². The first-order valence-corrected chi connectivity index (χ1v) is 6.93. The highest BCUT2D eigenvalue weighted by Gasteiger charge is 2.18. The summed E-state index contributed by atoms with van der Waals surface area (Å²) < 4.78 is 2.87. The molecule has 1 aromatic carbocycles. The Morgan fingerprint density at radius 1 is 1.33 bits per heavy atom. The van der Waals surface area contributed by atoms with Crippen LogP contribution in [0.15, 0.2) is 28.7 Å². The minimum absolute atomic E-state index is 0.0452. The Kier molecular flexibility index (Phi) is 4.14. The Balaban J connectivity index is 2.53. The average molecular weight is 309 g/mol. The van der Waals surface area contributed by atoms with Crippen LogP contribution >= 0.6 is 15.9 Å². The number of halogens is 1. The van der Waals surface area contributed by atoms with Crippen LogP contribution in [0.5, 0.6) is 0 Å². The summed E-state index contributed by atoms with van der Waals surface area (Å²) in [5.41, 5.74) is 9.05. The third kappa shape index (κ3) is 2.33. The van der Waals surface area contributed by atoms with Crippen LogP contribution in [0.25, 0.3) is 5.69 Å². The van der Waals surface area contributed by atoms with E-state index in [-0.39, 0.29) is 6.04 Å². The second-order valence-electron chi connectivity index (χ2n) is 4.15. The quantitative estimate of drug-likeness (QED) is 0.944. The van der Waals surface area contributed by atoms with Crippen molar-refractivity contribution < 1.29 is 0 Å². The van der Waals surface area contributed by atoms with Gasteiger partial charge in [0.2, 0.25) is 0 Å². The molecule has 5 heteroatoms. The van der Waals surface area contributed by atoms with Crippen LogP contribution in [0.2, 0.25) is 0 Å². The molecule has 18 heavy (non-hydrogen) atoms. The highest BCUT2D eigenvalue weighted by Crippen LogP contribution is 2.24. The molecule has 1 heterocycles. The number of hydrogen-bond donors (Lipinski definition) is 1. The maximum absolute atomic E-state index is 6.07. The first kappa shape index (κ1) is 13.2. The molecule has 0 amide bonds. The molecule has 0 spiro atoms. The molecule has 0 radical (unpaired) electrons. The van der Waals surface area contributed by atoms with Crippen LogP contribution in [0, 0.1) is 0 Å². The highest BCUT2D eigenvalue weighted by molar-refractivity contribution is 9.10. The standard InChI is InChI=1S/C13H17BrN4/c1-3-10(15)13-11(4-2)18(17-16-13)12-8-6-5-7-9(12)14/h5-8,10H,3-4,15H2,1-2H3. The molecule has 0 fully saturated rings. The Morgan fingerprint density at radius 3 is 2.67 bits per heavy atom. The predicted molar refractivity (Wildman–Crippen MR) is 75.7 cm³/mol. The minimum atomic E-state index is -0.0452. The van der Waals surface area contributed by atoms with Crippen molar-refractivity contribution in [3.05, 3.63) is 40.1 Å². The minimum Gasteiger partial charge on any atom is -0.323 e. The lowest BCUT2D eigenvalue weighted by Crippen LogP contribution is -2.12. The fraction of sp³-hybridized carbons (Fsp3) is 0.385. The summed E-state index contributed by atoms with van der Waals surface area (Å²) in [5.74, 6) is 0. The molecule has 0 saturated heterocycles. The number of aromatic nitrogens is 3. The molecular formula is C13H17BrN4. The molecule has 0 aliphatic rings. The molecule has 1 atom stereocenters. The third-order valence-corrected chi connectivity index (χ3v) is 3.67. The van der Waals surface area contributed by atoms with Gasteiger partial charge in [0.15, 0.2) is 0 Å². The van der Waals surface area contributed by atoms with Crippen LogP contribution in [0.3, 0.4) is 0 Å².